The highest BCUT2D eigenvalue weighted by Crippen LogP contribution is 2.35. The predicted molar refractivity (Wildman–Crippen MR) is 83.3 cm³/mol. The number of rotatable bonds is 2. The molecule has 7 heteroatoms. The number of nitrogen functional groups attached to an aromatic ring is 1. The van der Waals surface area contributed by atoms with E-state index in [0.717, 1.165) is 21.4 Å². The van der Waals surface area contributed by atoms with Gasteiger partial charge in [0.05, 0.1) is 22.0 Å². The molecule has 2 aromatic carbocycles. The van der Waals surface area contributed by atoms with Crippen molar-refractivity contribution in [3.63, 3.8) is 0 Å². The van der Waals surface area contributed by atoms with Crippen LogP contribution in [-0.4, -0.2) is 0 Å². The van der Waals surface area contributed by atoms with Gasteiger partial charge in [0.15, 0.2) is 0 Å². The van der Waals surface area contributed by atoms with Gasteiger partial charge in [-0.2, -0.15) is 13.2 Å². The van der Waals surface area contributed by atoms with Crippen molar-refractivity contribution >= 4 is 51.3 Å². The molecule has 0 unspecified atom stereocenters. The van der Waals surface area contributed by atoms with Gasteiger partial charge in [0.25, 0.3) is 0 Å². The van der Waals surface area contributed by atoms with Gasteiger partial charge in [-0.15, -0.1) is 0 Å². The molecule has 2 nitrogen and oxygen atoms in total. The summed E-state index contributed by atoms with van der Waals surface area (Å²) >= 11 is 7.96. The molecular weight excluding hydrogens is 404 g/mol. The Morgan fingerprint density at radius 3 is 2.25 bits per heavy atom. The average molecular weight is 413 g/mol. The van der Waals surface area contributed by atoms with E-state index in [0.29, 0.717) is 11.4 Å². The normalized spacial score (nSPS) is 11.4. The summed E-state index contributed by atoms with van der Waals surface area (Å²) in [5, 5.41) is 2.99. The van der Waals surface area contributed by atoms with Gasteiger partial charge < -0.3 is 11.1 Å². The van der Waals surface area contributed by atoms with Gasteiger partial charge in [0.1, 0.15) is 0 Å². The number of nitrogens with one attached hydrogen (secondary N) is 1. The lowest BCUT2D eigenvalue weighted by Crippen LogP contribution is -2.05. The zero-order valence-electron chi connectivity index (χ0n) is 9.93. The topological polar surface area (TPSA) is 38.0 Å². The fourth-order valence-corrected chi connectivity index (χ4v) is 2.47. The molecule has 0 fully saturated rings. The third-order valence-corrected chi connectivity index (χ3v) is 3.76. The largest absolute Gasteiger partial charge is 0.416 e. The molecule has 0 atom stereocenters. The first-order valence-electron chi connectivity index (χ1n) is 5.46. The number of hydrogen-bond acceptors (Lipinski definition) is 2. The maximum atomic E-state index is 12.5. The summed E-state index contributed by atoms with van der Waals surface area (Å²) in [4.78, 5) is 0. The van der Waals surface area contributed by atoms with E-state index in [-0.39, 0.29) is 5.02 Å². The Labute approximate surface area is 132 Å². The number of alkyl halides is 3. The van der Waals surface area contributed by atoms with Gasteiger partial charge in [0, 0.05) is 9.26 Å². The second-order valence-corrected chi connectivity index (χ2v) is 5.63. The molecule has 0 aliphatic heterocycles. The molecule has 20 heavy (non-hydrogen) atoms. The number of halogens is 5. The van der Waals surface area contributed by atoms with Crippen molar-refractivity contribution in [2.45, 2.75) is 6.18 Å². The van der Waals surface area contributed by atoms with Crippen LogP contribution in [0.25, 0.3) is 0 Å². The van der Waals surface area contributed by atoms with Gasteiger partial charge in [-0.05, 0) is 59.0 Å². The summed E-state index contributed by atoms with van der Waals surface area (Å²) in [7, 11) is 0. The molecule has 0 aliphatic carbocycles. The van der Waals surface area contributed by atoms with Gasteiger partial charge >= 0.3 is 6.18 Å². The summed E-state index contributed by atoms with van der Waals surface area (Å²) in [6, 6.07) is 8.37. The second-order valence-electron chi connectivity index (χ2n) is 4.06. The first-order valence-corrected chi connectivity index (χ1v) is 6.92. The van der Waals surface area contributed by atoms with Crippen LogP contribution in [0.5, 0.6) is 0 Å². The second kappa shape index (κ2) is 5.69. The van der Waals surface area contributed by atoms with Crippen molar-refractivity contribution in [3.05, 3.63) is 50.6 Å². The molecular formula is C13H9ClF3IN2. The van der Waals surface area contributed by atoms with Crippen molar-refractivity contribution in [2.24, 2.45) is 0 Å². The van der Waals surface area contributed by atoms with Crippen molar-refractivity contribution in [1.29, 1.82) is 0 Å². The number of anilines is 3. The lowest BCUT2D eigenvalue weighted by molar-refractivity contribution is -0.137. The molecule has 3 N–H and O–H groups in total. The lowest BCUT2D eigenvalue weighted by atomic mass is 10.2. The number of benzene rings is 2. The van der Waals surface area contributed by atoms with E-state index in [1.807, 2.05) is 0 Å². The number of nitrogens with two attached hydrogens (primary N) is 1. The minimum absolute atomic E-state index is 0.00690. The zero-order valence-corrected chi connectivity index (χ0v) is 12.8. The maximum absolute atomic E-state index is 12.5. The molecule has 106 valence electrons. The summed E-state index contributed by atoms with van der Waals surface area (Å²) in [6.45, 7) is 0. The molecule has 0 radical (unpaired) electrons. The minimum Gasteiger partial charge on any atom is -0.399 e. The monoisotopic (exact) mass is 412 g/mol. The van der Waals surface area contributed by atoms with E-state index >= 15 is 0 Å². The van der Waals surface area contributed by atoms with E-state index in [1.54, 1.807) is 18.2 Å². The van der Waals surface area contributed by atoms with Crippen LogP contribution in [0.3, 0.4) is 0 Å². The summed E-state index contributed by atoms with van der Waals surface area (Å²) in [5.74, 6) is 0. The van der Waals surface area contributed by atoms with Crippen LogP contribution < -0.4 is 11.1 Å². The fourth-order valence-electron chi connectivity index (χ4n) is 1.57. The smallest absolute Gasteiger partial charge is 0.399 e. The van der Waals surface area contributed by atoms with Crippen molar-refractivity contribution in [1.82, 2.24) is 0 Å². The van der Waals surface area contributed by atoms with Gasteiger partial charge in [0.2, 0.25) is 0 Å². The summed E-state index contributed by atoms with van der Waals surface area (Å²) in [5.41, 5.74) is 6.60. The first-order chi connectivity index (χ1) is 9.27. The van der Waals surface area contributed by atoms with E-state index in [2.05, 4.69) is 27.9 Å². The van der Waals surface area contributed by atoms with Gasteiger partial charge in [-0.1, -0.05) is 11.6 Å². The Bertz CT molecular complexity index is 644. The standard InChI is InChI=1S/C13H9ClF3IN2/c14-9-5-7(13(15,16)17)1-3-11(9)20-12-4-2-8(19)6-10(12)18/h1-6,20H,19H2. The highest BCUT2D eigenvalue weighted by molar-refractivity contribution is 14.1. The van der Waals surface area contributed by atoms with Crippen LogP contribution in [0.15, 0.2) is 36.4 Å². The van der Waals surface area contributed by atoms with Gasteiger partial charge in [-0.3, -0.25) is 0 Å². The zero-order chi connectivity index (χ0) is 14.9. The Morgan fingerprint density at radius 1 is 1.05 bits per heavy atom. The van der Waals surface area contributed by atoms with Crippen LogP contribution in [0.2, 0.25) is 5.02 Å². The Kier molecular flexibility index (Phi) is 4.33. The number of hydrogen-bond donors (Lipinski definition) is 2. The van der Waals surface area contributed by atoms with E-state index < -0.39 is 11.7 Å². The van der Waals surface area contributed by atoms with Crippen molar-refractivity contribution in [2.75, 3.05) is 11.1 Å². The molecule has 0 amide bonds. The van der Waals surface area contributed by atoms with Crippen LogP contribution in [0.4, 0.5) is 30.2 Å². The first kappa shape index (κ1) is 15.2. The summed E-state index contributed by atoms with van der Waals surface area (Å²) in [6.07, 6.45) is -4.40. The van der Waals surface area contributed by atoms with Crippen molar-refractivity contribution in [3.8, 4) is 0 Å². The molecule has 2 aromatic rings. The fraction of sp³-hybridized carbons (Fsp3) is 0.0769. The molecule has 0 heterocycles. The lowest BCUT2D eigenvalue weighted by Gasteiger charge is -2.13. The van der Waals surface area contributed by atoms with Gasteiger partial charge in [-0.25, -0.2) is 0 Å². The maximum Gasteiger partial charge on any atom is 0.416 e. The quantitative estimate of drug-likeness (QED) is 0.520. The highest BCUT2D eigenvalue weighted by Gasteiger charge is 2.30. The molecule has 0 aliphatic rings. The average Bonchev–Trinajstić information content (AvgIpc) is 2.33. The van der Waals surface area contributed by atoms with Crippen LogP contribution in [-0.2, 0) is 6.18 Å². The Balaban J connectivity index is 2.30. The molecule has 0 spiro atoms. The van der Waals surface area contributed by atoms with Crippen LogP contribution >= 0.6 is 34.2 Å². The molecule has 0 bridgehead atoms. The molecule has 0 saturated carbocycles. The van der Waals surface area contributed by atoms with E-state index in [4.69, 9.17) is 17.3 Å². The third kappa shape index (κ3) is 3.49. The molecule has 0 aromatic heterocycles. The van der Waals surface area contributed by atoms with Crippen LogP contribution in [0.1, 0.15) is 5.56 Å². The SMILES string of the molecule is Nc1ccc(Nc2ccc(C(F)(F)F)cc2Cl)c(I)c1. The Hall–Kier alpha value is -1.15. The highest BCUT2D eigenvalue weighted by atomic mass is 127. The van der Waals surface area contributed by atoms with Crippen molar-refractivity contribution < 1.29 is 13.2 Å². The van der Waals surface area contributed by atoms with E-state index in [1.165, 1.54) is 6.07 Å². The van der Waals surface area contributed by atoms with E-state index in [9.17, 15) is 13.2 Å². The molecule has 2 rings (SSSR count). The van der Waals surface area contributed by atoms with Crippen LogP contribution in [0, 0.1) is 3.57 Å². The minimum atomic E-state index is -4.40. The third-order valence-electron chi connectivity index (χ3n) is 2.56. The predicted octanol–water partition coefficient (Wildman–Crippen LogP) is 5.29. The molecule has 0 saturated heterocycles. The summed E-state index contributed by atoms with van der Waals surface area (Å²) < 4.78 is 38.5. The Morgan fingerprint density at radius 2 is 1.70 bits per heavy atom.